The van der Waals surface area contributed by atoms with Crippen molar-refractivity contribution in [1.82, 2.24) is 4.98 Å². The van der Waals surface area contributed by atoms with Crippen LogP contribution in [0.2, 0.25) is 5.02 Å². The van der Waals surface area contributed by atoms with Crippen molar-refractivity contribution in [1.29, 1.82) is 0 Å². The van der Waals surface area contributed by atoms with Gasteiger partial charge < -0.3 is 4.74 Å². The van der Waals surface area contributed by atoms with E-state index < -0.39 is 16.0 Å². The minimum Gasteiger partial charge on any atom is -0.457 e. The Hall–Kier alpha value is -1.77. The molecule has 1 aromatic heterocycles. The predicted molar refractivity (Wildman–Crippen MR) is 87.4 cm³/mol. The molecule has 0 aliphatic carbocycles. The van der Waals surface area contributed by atoms with E-state index in [1.165, 1.54) is 11.8 Å². The van der Waals surface area contributed by atoms with Gasteiger partial charge in [0.15, 0.2) is 0 Å². The minimum atomic E-state index is -3.48. The number of rotatable bonds is 4. The molecule has 0 saturated heterocycles. The number of sulfonamides is 1. The van der Waals surface area contributed by atoms with E-state index in [0.29, 0.717) is 31.8 Å². The van der Waals surface area contributed by atoms with E-state index >= 15 is 0 Å². The molecule has 120 valence electrons. The highest BCUT2D eigenvalue weighted by Gasteiger charge is 2.24. The Kier molecular flexibility index (Phi) is 4.22. The zero-order valence-electron chi connectivity index (χ0n) is 11.9. The number of carbonyl (C=O) groups is 1. The van der Waals surface area contributed by atoms with E-state index in [1.54, 1.807) is 30.5 Å². The van der Waals surface area contributed by atoms with Gasteiger partial charge in [-0.25, -0.2) is 18.2 Å². The fourth-order valence-electron chi connectivity index (χ4n) is 2.07. The molecule has 1 N–H and O–H groups in total. The average Bonchev–Trinajstić information content (AvgIpc) is 2.81. The molecule has 1 aliphatic heterocycles. The predicted octanol–water partition coefficient (Wildman–Crippen LogP) is 2.93. The molecule has 2 heterocycles. The van der Waals surface area contributed by atoms with Crippen molar-refractivity contribution in [3.05, 3.63) is 46.6 Å². The first-order valence-corrected chi connectivity index (χ1v) is 9.52. The van der Waals surface area contributed by atoms with Gasteiger partial charge in [-0.05, 0) is 24.3 Å². The van der Waals surface area contributed by atoms with Crippen LogP contribution < -0.4 is 4.72 Å². The standard InChI is InChI=1S/C14H11ClN2O4S2/c1-23(19,20)17-11-5-8-7-21-14(18)9(8)6-12(11)22-13-10(15)3-2-4-16-13/h2-6,17H,7H2,1H3. The van der Waals surface area contributed by atoms with Gasteiger partial charge in [-0.1, -0.05) is 23.4 Å². The van der Waals surface area contributed by atoms with Crippen molar-refractivity contribution in [2.45, 2.75) is 16.5 Å². The Balaban J connectivity index is 2.08. The van der Waals surface area contributed by atoms with Gasteiger partial charge >= 0.3 is 5.97 Å². The molecule has 0 radical (unpaired) electrons. The lowest BCUT2D eigenvalue weighted by Crippen LogP contribution is -2.11. The van der Waals surface area contributed by atoms with Gasteiger partial charge in [0.1, 0.15) is 11.6 Å². The van der Waals surface area contributed by atoms with Crippen LogP contribution in [0, 0.1) is 0 Å². The molecule has 0 atom stereocenters. The first-order valence-electron chi connectivity index (χ1n) is 6.44. The second-order valence-corrected chi connectivity index (χ2v) is 8.03. The Morgan fingerprint density at radius 3 is 2.87 bits per heavy atom. The number of fused-ring (bicyclic) bond motifs is 1. The monoisotopic (exact) mass is 370 g/mol. The van der Waals surface area contributed by atoms with Gasteiger partial charge in [-0.15, -0.1) is 0 Å². The number of hydrogen-bond donors (Lipinski definition) is 1. The number of cyclic esters (lactones) is 1. The number of nitrogens with zero attached hydrogens (tertiary/aromatic N) is 1. The molecule has 0 bridgehead atoms. The van der Waals surface area contributed by atoms with Gasteiger partial charge in [0.05, 0.1) is 22.5 Å². The van der Waals surface area contributed by atoms with Crippen molar-refractivity contribution < 1.29 is 17.9 Å². The number of hydrogen-bond acceptors (Lipinski definition) is 6. The highest BCUT2D eigenvalue weighted by molar-refractivity contribution is 7.99. The molecule has 2 aromatic rings. The van der Waals surface area contributed by atoms with Gasteiger partial charge in [0.25, 0.3) is 0 Å². The normalized spacial score (nSPS) is 13.6. The van der Waals surface area contributed by atoms with Crippen molar-refractivity contribution in [3.63, 3.8) is 0 Å². The average molecular weight is 371 g/mol. The van der Waals surface area contributed by atoms with Crippen LogP contribution in [0.3, 0.4) is 0 Å². The van der Waals surface area contributed by atoms with Crippen LogP contribution in [-0.4, -0.2) is 25.6 Å². The molecule has 0 amide bonds. The van der Waals surface area contributed by atoms with Crippen molar-refractivity contribution in [2.24, 2.45) is 0 Å². The molecule has 23 heavy (non-hydrogen) atoms. The molecule has 9 heteroatoms. The quantitative estimate of drug-likeness (QED) is 0.833. The lowest BCUT2D eigenvalue weighted by Gasteiger charge is -2.12. The summed E-state index contributed by atoms with van der Waals surface area (Å²) in [7, 11) is -3.48. The number of pyridine rings is 1. The minimum absolute atomic E-state index is 0.127. The summed E-state index contributed by atoms with van der Waals surface area (Å²) in [6, 6.07) is 6.57. The second kappa shape index (κ2) is 6.03. The van der Waals surface area contributed by atoms with Crippen LogP contribution >= 0.6 is 23.4 Å². The summed E-state index contributed by atoms with van der Waals surface area (Å²) >= 11 is 7.26. The molecular formula is C14H11ClN2O4S2. The van der Waals surface area contributed by atoms with Gasteiger partial charge in [0.2, 0.25) is 10.0 Å². The Bertz CT molecular complexity index is 900. The summed E-state index contributed by atoms with van der Waals surface area (Å²) in [6.07, 6.45) is 2.64. The molecule has 0 saturated carbocycles. The number of aromatic nitrogens is 1. The summed E-state index contributed by atoms with van der Waals surface area (Å²) in [6.45, 7) is 0.127. The molecule has 1 aromatic carbocycles. The second-order valence-electron chi connectivity index (χ2n) is 4.85. The molecule has 0 spiro atoms. The van der Waals surface area contributed by atoms with Crippen molar-refractivity contribution in [3.8, 4) is 0 Å². The number of esters is 1. The van der Waals surface area contributed by atoms with E-state index in [2.05, 4.69) is 9.71 Å². The number of nitrogens with one attached hydrogen (secondary N) is 1. The van der Waals surface area contributed by atoms with Crippen LogP contribution in [-0.2, 0) is 21.4 Å². The summed E-state index contributed by atoms with van der Waals surface area (Å²) < 4.78 is 30.6. The molecule has 1 aliphatic rings. The van der Waals surface area contributed by atoms with E-state index in [-0.39, 0.29) is 6.61 Å². The Morgan fingerprint density at radius 1 is 1.39 bits per heavy atom. The third-order valence-electron chi connectivity index (χ3n) is 3.01. The van der Waals surface area contributed by atoms with Crippen LogP contribution in [0.1, 0.15) is 15.9 Å². The molecule has 0 fully saturated rings. The van der Waals surface area contributed by atoms with Crippen LogP contribution in [0.15, 0.2) is 40.4 Å². The maximum absolute atomic E-state index is 11.7. The first kappa shape index (κ1) is 16.1. The van der Waals surface area contributed by atoms with Crippen molar-refractivity contribution in [2.75, 3.05) is 11.0 Å². The summed E-state index contributed by atoms with van der Waals surface area (Å²) in [5.41, 5.74) is 1.41. The van der Waals surface area contributed by atoms with Gasteiger partial charge in [-0.3, -0.25) is 4.72 Å². The number of anilines is 1. The van der Waals surface area contributed by atoms with Crippen LogP contribution in [0.25, 0.3) is 0 Å². The topological polar surface area (TPSA) is 85.4 Å². The summed E-state index contributed by atoms with van der Waals surface area (Å²) in [4.78, 5) is 16.4. The van der Waals surface area contributed by atoms with E-state index in [1.807, 2.05) is 0 Å². The molecule has 3 rings (SSSR count). The molecule has 0 unspecified atom stereocenters. The Morgan fingerprint density at radius 2 is 2.17 bits per heavy atom. The number of halogens is 1. The van der Waals surface area contributed by atoms with E-state index in [4.69, 9.17) is 16.3 Å². The lowest BCUT2D eigenvalue weighted by atomic mass is 10.1. The molecular weight excluding hydrogens is 360 g/mol. The zero-order chi connectivity index (χ0) is 16.6. The van der Waals surface area contributed by atoms with Crippen molar-refractivity contribution >= 4 is 45.0 Å². The number of benzene rings is 1. The maximum atomic E-state index is 11.7. The van der Waals surface area contributed by atoms with Gasteiger partial charge in [0, 0.05) is 16.7 Å². The number of ether oxygens (including phenoxy) is 1. The number of carbonyl (C=O) groups excluding carboxylic acids is 1. The van der Waals surface area contributed by atoms with E-state index in [9.17, 15) is 13.2 Å². The zero-order valence-corrected chi connectivity index (χ0v) is 14.3. The van der Waals surface area contributed by atoms with E-state index in [0.717, 1.165) is 6.26 Å². The Labute approximate surface area is 142 Å². The third-order valence-corrected chi connectivity index (χ3v) is 5.09. The van der Waals surface area contributed by atoms with Crippen LogP contribution in [0.5, 0.6) is 0 Å². The molecule has 6 nitrogen and oxygen atoms in total. The highest BCUT2D eigenvalue weighted by Crippen LogP contribution is 2.39. The smallest absolute Gasteiger partial charge is 0.338 e. The summed E-state index contributed by atoms with van der Waals surface area (Å²) in [5.74, 6) is -0.431. The maximum Gasteiger partial charge on any atom is 0.338 e. The fraction of sp³-hybridized carbons (Fsp3) is 0.143. The summed E-state index contributed by atoms with van der Waals surface area (Å²) in [5, 5.41) is 0.947. The largest absolute Gasteiger partial charge is 0.457 e. The van der Waals surface area contributed by atoms with Gasteiger partial charge in [-0.2, -0.15) is 0 Å². The van der Waals surface area contributed by atoms with Crippen LogP contribution in [0.4, 0.5) is 5.69 Å². The fourth-order valence-corrected chi connectivity index (χ4v) is 3.82. The SMILES string of the molecule is CS(=O)(=O)Nc1cc2c(cc1Sc1ncccc1Cl)C(=O)OC2. The lowest BCUT2D eigenvalue weighted by molar-refractivity contribution is 0.0535. The third kappa shape index (κ3) is 3.60. The first-order chi connectivity index (χ1) is 10.8. The highest BCUT2D eigenvalue weighted by atomic mass is 35.5.